The Bertz CT molecular complexity index is 234. The third kappa shape index (κ3) is 5.13. The number of carbonyl (C=O) groups excluding carboxylic acids is 3. The third-order valence-corrected chi connectivity index (χ3v) is 1.21. The van der Waals surface area contributed by atoms with Gasteiger partial charge >= 0.3 is 17.9 Å². The second-order valence-electron chi connectivity index (χ2n) is 2.42. The van der Waals surface area contributed by atoms with Gasteiger partial charge in [0.15, 0.2) is 0 Å². The van der Waals surface area contributed by atoms with Crippen molar-refractivity contribution in [3.63, 3.8) is 0 Å². The number of rotatable bonds is 4. The van der Waals surface area contributed by atoms with Crippen molar-refractivity contribution in [1.82, 2.24) is 0 Å². The van der Waals surface area contributed by atoms with E-state index in [1.54, 1.807) is 0 Å². The molecule has 0 saturated heterocycles. The van der Waals surface area contributed by atoms with Crippen LogP contribution in [0.2, 0.25) is 0 Å². The van der Waals surface area contributed by atoms with E-state index in [1.165, 1.54) is 6.92 Å². The molecule has 6 nitrogen and oxygen atoms in total. The van der Waals surface area contributed by atoms with Crippen molar-refractivity contribution in [2.45, 2.75) is 20.0 Å². The molecule has 0 rings (SSSR count). The van der Waals surface area contributed by atoms with Crippen LogP contribution < -0.4 is 0 Å². The van der Waals surface area contributed by atoms with Gasteiger partial charge in [0.1, 0.15) is 6.61 Å². The highest BCUT2D eigenvalue weighted by molar-refractivity contribution is 5.79. The highest BCUT2D eigenvalue weighted by Gasteiger charge is 2.23. The topological polar surface area (TPSA) is 78.9 Å². The first-order valence-corrected chi connectivity index (χ1v) is 3.85. The highest BCUT2D eigenvalue weighted by atomic mass is 16.6. The van der Waals surface area contributed by atoms with E-state index in [4.69, 9.17) is 0 Å². The van der Waals surface area contributed by atoms with E-state index < -0.39 is 24.0 Å². The minimum Gasteiger partial charge on any atom is -0.466 e. The fourth-order valence-electron chi connectivity index (χ4n) is 0.675. The first-order chi connectivity index (χ1) is 6.47. The third-order valence-electron chi connectivity index (χ3n) is 1.21. The van der Waals surface area contributed by atoms with E-state index in [0.29, 0.717) is 0 Å². The lowest BCUT2D eigenvalue weighted by molar-refractivity contribution is -0.171. The zero-order chi connectivity index (χ0) is 11.1. The second-order valence-corrected chi connectivity index (χ2v) is 2.42. The van der Waals surface area contributed by atoms with Crippen LogP contribution >= 0.6 is 0 Å². The maximum absolute atomic E-state index is 11.0. The van der Waals surface area contributed by atoms with Crippen LogP contribution in [0.3, 0.4) is 0 Å². The van der Waals surface area contributed by atoms with Crippen LogP contribution in [0.15, 0.2) is 0 Å². The second kappa shape index (κ2) is 5.95. The molecule has 0 aliphatic heterocycles. The SMILES string of the molecule is COC(=O)C(COC(C)=O)OC(C)=O. The molecule has 6 heteroatoms. The average Bonchev–Trinajstić information content (AvgIpc) is 2.10. The van der Waals surface area contributed by atoms with Gasteiger partial charge in [-0.05, 0) is 0 Å². The van der Waals surface area contributed by atoms with E-state index in [1.807, 2.05) is 0 Å². The van der Waals surface area contributed by atoms with Gasteiger partial charge in [-0.15, -0.1) is 0 Å². The first kappa shape index (κ1) is 12.4. The van der Waals surface area contributed by atoms with Gasteiger partial charge in [-0.25, -0.2) is 4.79 Å². The summed E-state index contributed by atoms with van der Waals surface area (Å²) < 4.78 is 13.4. The summed E-state index contributed by atoms with van der Waals surface area (Å²) in [5.41, 5.74) is 0. The molecule has 0 spiro atoms. The summed E-state index contributed by atoms with van der Waals surface area (Å²) in [4.78, 5) is 31.9. The number of carbonyl (C=O) groups is 3. The molecule has 1 atom stereocenters. The van der Waals surface area contributed by atoms with Gasteiger partial charge in [0, 0.05) is 13.8 Å². The van der Waals surface area contributed by atoms with Gasteiger partial charge in [-0.2, -0.15) is 0 Å². The minimum atomic E-state index is -1.19. The normalized spacial score (nSPS) is 11.4. The van der Waals surface area contributed by atoms with Gasteiger partial charge in [0.2, 0.25) is 6.10 Å². The van der Waals surface area contributed by atoms with E-state index in [2.05, 4.69) is 14.2 Å². The van der Waals surface area contributed by atoms with Gasteiger partial charge in [0.25, 0.3) is 0 Å². The average molecular weight is 204 g/mol. The van der Waals surface area contributed by atoms with Crippen molar-refractivity contribution in [1.29, 1.82) is 0 Å². The Labute approximate surface area is 81.1 Å². The maximum Gasteiger partial charge on any atom is 0.350 e. The largest absolute Gasteiger partial charge is 0.466 e. The molecule has 0 saturated carbocycles. The van der Waals surface area contributed by atoms with Crippen LogP contribution in [0.5, 0.6) is 0 Å². The number of hydrogen-bond acceptors (Lipinski definition) is 6. The van der Waals surface area contributed by atoms with Gasteiger partial charge in [-0.3, -0.25) is 9.59 Å². The zero-order valence-corrected chi connectivity index (χ0v) is 8.23. The lowest BCUT2D eigenvalue weighted by Gasteiger charge is -2.13. The Morgan fingerprint density at radius 2 is 1.71 bits per heavy atom. The van der Waals surface area contributed by atoms with Crippen molar-refractivity contribution < 1.29 is 28.6 Å². The Morgan fingerprint density at radius 1 is 1.14 bits per heavy atom. The molecule has 0 aromatic rings. The van der Waals surface area contributed by atoms with Crippen molar-refractivity contribution in [2.24, 2.45) is 0 Å². The monoisotopic (exact) mass is 204 g/mol. The predicted molar refractivity (Wildman–Crippen MR) is 44.2 cm³/mol. The number of ether oxygens (including phenoxy) is 3. The molecule has 0 aromatic heterocycles. The fourth-order valence-corrected chi connectivity index (χ4v) is 0.675. The lowest BCUT2D eigenvalue weighted by atomic mass is 10.4. The van der Waals surface area contributed by atoms with E-state index in [0.717, 1.165) is 14.0 Å². The van der Waals surface area contributed by atoms with Crippen LogP contribution in [0.1, 0.15) is 13.8 Å². The molecule has 14 heavy (non-hydrogen) atoms. The summed E-state index contributed by atoms with van der Waals surface area (Å²) >= 11 is 0. The fraction of sp³-hybridized carbons (Fsp3) is 0.625. The van der Waals surface area contributed by atoms with Gasteiger partial charge in [0.05, 0.1) is 7.11 Å². The maximum atomic E-state index is 11.0. The number of methoxy groups -OCH3 is 1. The lowest BCUT2D eigenvalue weighted by Crippen LogP contribution is -2.32. The molecule has 0 heterocycles. The molecule has 0 aliphatic rings. The number of esters is 3. The van der Waals surface area contributed by atoms with Crippen LogP contribution in [-0.2, 0) is 28.6 Å². The van der Waals surface area contributed by atoms with Crippen molar-refractivity contribution in [3.05, 3.63) is 0 Å². The summed E-state index contributed by atoms with van der Waals surface area (Å²) in [6.07, 6.45) is -1.19. The molecule has 0 bridgehead atoms. The van der Waals surface area contributed by atoms with E-state index in [-0.39, 0.29) is 6.61 Å². The van der Waals surface area contributed by atoms with E-state index in [9.17, 15) is 14.4 Å². The molecule has 0 radical (unpaired) electrons. The molecule has 1 unspecified atom stereocenters. The van der Waals surface area contributed by atoms with Gasteiger partial charge in [-0.1, -0.05) is 0 Å². The van der Waals surface area contributed by atoms with E-state index >= 15 is 0 Å². The molecule has 0 aromatic carbocycles. The molecular formula is C8H12O6. The molecular weight excluding hydrogens is 192 g/mol. The highest BCUT2D eigenvalue weighted by Crippen LogP contribution is 1.97. The molecule has 0 N–H and O–H groups in total. The minimum absolute atomic E-state index is 0.332. The van der Waals surface area contributed by atoms with Crippen LogP contribution in [0.25, 0.3) is 0 Å². The van der Waals surface area contributed by atoms with Gasteiger partial charge < -0.3 is 14.2 Å². The smallest absolute Gasteiger partial charge is 0.350 e. The van der Waals surface area contributed by atoms with Crippen molar-refractivity contribution >= 4 is 17.9 Å². The Balaban J connectivity index is 4.17. The number of hydrogen-bond donors (Lipinski definition) is 0. The Morgan fingerprint density at radius 3 is 2.07 bits per heavy atom. The van der Waals surface area contributed by atoms with Crippen molar-refractivity contribution in [2.75, 3.05) is 13.7 Å². The summed E-state index contributed by atoms with van der Waals surface area (Å²) in [7, 11) is 1.15. The van der Waals surface area contributed by atoms with Crippen molar-refractivity contribution in [3.8, 4) is 0 Å². The Hall–Kier alpha value is -1.59. The van der Waals surface area contributed by atoms with Crippen LogP contribution in [0.4, 0.5) is 0 Å². The summed E-state index contributed by atoms with van der Waals surface area (Å²) in [5.74, 6) is -1.97. The predicted octanol–water partition coefficient (Wildman–Crippen LogP) is -0.346. The standard InChI is InChI=1S/C8H12O6/c1-5(9)13-4-7(8(11)12-3)14-6(2)10/h7H,4H2,1-3H3. The van der Waals surface area contributed by atoms with Crippen LogP contribution in [0, 0.1) is 0 Å². The summed E-state index contributed by atoms with van der Waals surface area (Å²) in [5, 5.41) is 0. The molecule has 0 aliphatic carbocycles. The van der Waals surface area contributed by atoms with Crippen LogP contribution in [-0.4, -0.2) is 37.7 Å². The molecule has 0 amide bonds. The quantitative estimate of drug-likeness (QED) is 0.460. The zero-order valence-electron chi connectivity index (χ0n) is 8.23. The first-order valence-electron chi connectivity index (χ1n) is 3.85. The summed E-state index contributed by atoms with van der Waals surface area (Å²) in [6, 6.07) is 0. The summed E-state index contributed by atoms with van der Waals surface area (Å²) in [6.45, 7) is 1.99. The molecule has 0 fully saturated rings. The Kier molecular flexibility index (Phi) is 5.28. The molecule has 80 valence electrons.